The van der Waals surface area contributed by atoms with Crippen LogP contribution in [0.2, 0.25) is 0 Å². The van der Waals surface area contributed by atoms with Crippen LogP contribution in [0.15, 0.2) is 46.0 Å². The molecule has 4 N–H and O–H groups in total. The number of carbonyl (C=O) groups is 3. The highest BCUT2D eigenvalue weighted by molar-refractivity contribution is 9.10. The summed E-state index contributed by atoms with van der Waals surface area (Å²) in [4.78, 5) is 37.0. The van der Waals surface area contributed by atoms with Gasteiger partial charge in [-0.3, -0.25) is 4.79 Å². The van der Waals surface area contributed by atoms with Gasteiger partial charge in [-0.15, -0.1) is 0 Å². The number of phenols is 3. The van der Waals surface area contributed by atoms with Crippen molar-refractivity contribution in [3.05, 3.63) is 74.3 Å². The van der Waals surface area contributed by atoms with Crippen LogP contribution in [-0.2, 0) is 9.53 Å². The summed E-state index contributed by atoms with van der Waals surface area (Å²) in [5.74, 6) is -3.42. The maximum absolute atomic E-state index is 13.0. The molecule has 39 heavy (non-hydrogen) atoms. The van der Waals surface area contributed by atoms with Gasteiger partial charge < -0.3 is 29.5 Å². The zero-order valence-electron chi connectivity index (χ0n) is 21.4. The summed E-state index contributed by atoms with van der Waals surface area (Å²) in [5.41, 5.74) is 2.18. The number of aromatic hydroxyl groups is 3. The van der Waals surface area contributed by atoms with Crippen molar-refractivity contribution in [2.24, 2.45) is 5.10 Å². The van der Waals surface area contributed by atoms with Crippen LogP contribution in [0.1, 0.15) is 43.0 Å². The van der Waals surface area contributed by atoms with E-state index in [0.717, 1.165) is 10.7 Å². The number of hydrogen-bond acceptors (Lipinski definition) is 10. The lowest BCUT2D eigenvalue weighted by Gasteiger charge is -2.16. The van der Waals surface area contributed by atoms with Crippen molar-refractivity contribution in [3.8, 4) is 28.7 Å². The molecule has 0 aliphatic rings. The van der Waals surface area contributed by atoms with Crippen molar-refractivity contribution in [2.45, 2.75) is 20.8 Å². The van der Waals surface area contributed by atoms with Crippen molar-refractivity contribution >= 4 is 40.0 Å². The van der Waals surface area contributed by atoms with Gasteiger partial charge in [0.15, 0.2) is 6.61 Å². The number of methoxy groups -OCH3 is 1. The Morgan fingerprint density at radius 3 is 2.21 bits per heavy atom. The summed E-state index contributed by atoms with van der Waals surface area (Å²) in [6, 6.07) is 9.42. The van der Waals surface area contributed by atoms with Gasteiger partial charge in [-0.2, -0.15) is 5.10 Å². The molecule has 0 saturated carbocycles. The molecule has 0 radical (unpaired) electrons. The number of ether oxygens (including phenoxy) is 3. The van der Waals surface area contributed by atoms with Crippen LogP contribution in [0.25, 0.3) is 0 Å². The van der Waals surface area contributed by atoms with E-state index >= 15 is 0 Å². The fraction of sp³-hybridized carbons (Fsp3) is 0.185. The van der Waals surface area contributed by atoms with Crippen LogP contribution in [0.3, 0.4) is 0 Å². The molecule has 11 nitrogen and oxygen atoms in total. The second-order valence-corrected chi connectivity index (χ2v) is 9.22. The molecular weight excluding hydrogens is 576 g/mol. The summed E-state index contributed by atoms with van der Waals surface area (Å²) in [6.07, 6.45) is 0.963. The lowest BCUT2D eigenvalue weighted by molar-refractivity contribution is -0.123. The van der Waals surface area contributed by atoms with Crippen LogP contribution >= 0.6 is 15.9 Å². The molecule has 0 aliphatic carbocycles. The maximum atomic E-state index is 13.0. The quantitative estimate of drug-likeness (QED) is 0.129. The summed E-state index contributed by atoms with van der Waals surface area (Å²) in [6.45, 7) is 4.09. The van der Waals surface area contributed by atoms with E-state index < -0.39 is 35.1 Å². The van der Waals surface area contributed by atoms with Gasteiger partial charge in [0.05, 0.1) is 18.9 Å². The third-order valence-corrected chi connectivity index (χ3v) is 6.11. The van der Waals surface area contributed by atoms with E-state index in [1.807, 2.05) is 0 Å². The zero-order valence-corrected chi connectivity index (χ0v) is 23.0. The molecule has 1 amide bonds. The summed E-state index contributed by atoms with van der Waals surface area (Å²) in [7, 11) is 1.17. The van der Waals surface area contributed by atoms with Crippen LogP contribution in [0, 0.1) is 20.8 Å². The van der Waals surface area contributed by atoms with E-state index in [1.54, 1.807) is 24.3 Å². The summed E-state index contributed by atoms with van der Waals surface area (Å²) >= 11 is 3.30. The molecule has 12 heteroatoms. The second-order valence-electron chi connectivity index (χ2n) is 8.31. The number of nitrogens with zero attached hydrogens (tertiary/aromatic N) is 1. The zero-order chi connectivity index (χ0) is 28.9. The normalized spacial score (nSPS) is 10.8. The summed E-state index contributed by atoms with van der Waals surface area (Å²) < 4.78 is 16.3. The number of amides is 1. The Hall–Kier alpha value is -4.58. The van der Waals surface area contributed by atoms with Gasteiger partial charge in [0.1, 0.15) is 39.9 Å². The number of hydrazone groups is 1. The Morgan fingerprint density at radius 1 is 0.949 bits per heavy atom. The van der Waals surface area contributed by atoms with Gasteiger partial charge in [-0.05, 0) is 68.3 Å². The van der Waals surface area contributed by atoms with Crippen LogP contribution in [-0.4, -0.2) is 53.1 Å². The molecule has 3 rings (SSSR count). The molecule has 0 heterocycles. The first-order chi connectivity index (χ1) is 18.4. The molecule has 0 aliphatic heterocycles. The van der Waals surface area contributed by atoms with Crippen LogP contribution in [0.5, 0.6) is 28.7 Å². The SMILES string of the molecule is COC(=O)c1c(C)cc(OC(=O)c2c(C)cc(O)c(/C=N/NC(=O)COc3ccc(Br)cc3)c2O)c(C)c1O. The Labute approximate surface area is 231 Å². The number of benzene rings is 3. The lowest BCUT2D eigenvalue weighted by Crippen LogP contribution is -2.24. The maximum Gasteiger partial charge on any atom is 0.347 e. The number of phenolic OH excluding ortho intramolecular Hbond substituents is 3. The molecule has 0 spiro atoms. The van der Waals surface area contributed by atoms with E-state index in [4.69, 9.17) is 9.47 Å². The van der Waals surface area contributed by atoms with Crippen molar-refractivity contribution in [1.29, 1.82) is 0 Å². The van der Waals surface area contributed by atoms with Gasteiger partial charge in [-0.1, -0.05) is 15.9 Å². The fourth-order valence-corrected chi connectivity index (χ4v) is 3.81. The summed E-state index contributed by atoms with van der Waals surface area (Å²) in [5, 5.41) is 35.2. The van der Waals surface area contributed by atoms with Crippen molar-refractivity contribution in [2.75, 3.05) is 13.7 Å². The van der Waals surface area contributed by atoms with Crippen molar-refractivity contribution in [1.82, 2.24) is 5.43 Å². The Kier molecular flexibility index (Phi) is 9.15. The topological polar surface area (TPSA) is 164 Å². The number of halogens is 1. The number of rotatable bonds is 8. The molecule has 3 aromatic carbocycles. The Balaban J connectivity index is 1.78. The fourth-order valence-electron chi connectivity index (χ4n) is 3.55. The molecule has 0 atom stereocenters. The van der Waals surface area contributed by atoms with E-state index in [2.05, 4.69) is 31.2 Å². The second kappa shape index (κ2) is 12.3. The minimum atomic E-state index is -1.00. The minimum Gasteiger partial charge on any atom is -0.507 e. The molecule has 0 bridgehead atoms. The Bertz CT molecular complexity index is 1470. The highest BCUT2D eigenvalue weighted by Gasteiger charge is 2.25. The molecule has 204 valence electrons. The first-order valence-corrected chi connectivity index (χ1v) is 12.1. The molecule has 3 aromatic rings. The molecule has 0 aromatic heterocycles. The number of hydrogen-bond donors (Lipinski definition) is 4. The average molecular weight is 601 g/mol. The third kappa shape index (κ3) is 6.65. The van der Waals surface area contributed by atoms with Gasteiger partial charge >= 0.3 is 11.9 Å². The minimum absolute atomic E-state index is 0.0530. The number of esters is 2. The van der Waals surface area contributed by atoms with Gasteiger partial charge in [0, 0.05) is 10.0 Å². The standard InChI is InChI=1S/C27H25BrN2O9/c1-13-9-19(31)18(11-29-30-21(32)12-38-17-7-5-16(28)6-8-17)25(34)23(13)27(36)39-20-10-14(2)22(26(35)37-4)24(33)15(20)3/h5-11,31,33-34H,12H2,1-4H3,(H,30,32)/b29-11+. The first-order valence-electron chi connectivity index (χ1n) is 11.3. The molecule has 0 unspecified atom stereocenters. The number of carbonyl (C=O) groups excluding carboxylic acids is 3. The average Bonchev–Trinajstić information content (AvgIpc) is 2.88. The lowest BCUT2D eigenvalue weighted by atomic mass is 10.0. The van der Waals surface area contributed by atoms with Gasteiger partial charge in [0.2, 0.25) is 0 Å². The Morgan fingerprint density at radius 2 is 1.56 bits per heavy atom. The van der Waals surface area contributed by atoms with E-state index in [0.29, 0.717) is 11.3 Å². The first kappa shape index (κ1) is 29.0. The monoisotopic (exact) mass is 600 g/mol. The van der Waals surface area contributed by atoms with Crippen molar-refractivity contribution in [3.63, 3.8) is 0 Å². The number of aryl methyl sites for hydroxylation is 2. The smallest absolute Gasteiger partial charge is 0.347 e. The van der Waals surface area contributed by atoms with E-state index in [1.165, 1.54) is 40.0 Å². The largest absolute Gasteiger partial charge is 0.507 e. The van der Waals surface area contributed by atoms with Crippen molar-refractivity contribution < 1.29 is 43.9 Å². The van der Waals surface area contributed by atoms with E-state index in [9.17, 15) is 29.7 Å². The van der Waals surface area contributed by atoms with Gasteiger partial charge in [-0.25, -0.2) is 15.0 Å². The predicted molar refractivity (Wildman–Crippen MR) is 144 cm³/mol. The molecular formula is C27H25BrN2O9. The highest BCUT2D eigenvalue weighted by Crippen LogP contribution is 2.36. The third-order valence-electron chi connectivity index (χ3n) is 5.58. The van der Waals surface area contributed by atoms with Gasteiger partial charge in [0.25, 0.3) is 5.91 Å². The predicted octanol–water partition coefficient (Wildman–Crippen LogP) is 4.03. The number of nitrogens with one attached hydrogen (secondary N) is 1. The molecule has 0 fully saturated rings. The molecule has 0 saturated heterocycles. The van der Waals surface area contributed by atoms with Crippen LogP contribution < -0.4 is 14.9 Å². The van der Waals surface area contributed by atoms with E-state index in [-0.39, 0.29) is 40.2 Å². The highest BCUT2D eigenvalue weighted by atomic mass is 79.9. The van der Waals surface area contributed by atoms with Crippen LogP contribution in [0.4, 0.5) is 0 Å².